The van der Waals surface area contributed by atoms with Crippen LogP contribution in [0.3, 0.4) is 0 Å². The zero-order chi connectivity index (χ0) is 20.8. The summed E-state index contributed by atoms with van der Waals surface area (Å²) < 4.78 is 11.5. The lowest BCUT2D eigenvalue weighted by Crippen LogP contribution is -2.33. The second-order valence-electron chi connectivity index (χ2n) is 6.40. The number of hydrogen-bond acceptors (Lipinski definition) is 5. The van der Waals surface area contributed by atoms with Crippen molar-refractivity contribution in [2.45, 2.75) is 18.1 Å². The van der Waals surface area contributed by atoms with Gasteiger partial charge in [-0.25, -0.2) is 0 Å². The van der Waals surface area contributed by atoms with Crippen molar-refractivity contribution in [3.63, 3.8) is 0 Å². The second-order valence-corrected chi connectivity index (χ2v) is 8.65. The van der Waals surface area contributed by atoms with E-state index >= 15 is 0 Å². The molecule has 0 saturated carbocycles. The minimum atomic E-state index is -0.281. The highest BCUT2D eigenvalue weighted by atomic mass is 35.5. The minimum absolute atomic E-state index is 0.0266. The van der Waals surface area contributed by atoms with Crippen LogP contribution in [-0.2, 0) is 17.6 Å². The molecule has 0 radical (unpaired) electrons. The number of nitrogens with zero attached hydrogens (tertiary/aromatic N) is 1. The van der Waals surface area contributed by atoms with Gasteiger partial charge in [-0.1, -0.05) is 71.8 Å². The van der Waals surface area contributed by atoms with Crippen molar-refractivity contribution in [1.29, 1.82) is 0 Å². The van der Waals surface area contributed by atoms with Gasteiger partial charge in [0.15, 0.2) is 11.5 Å². The number of thioether (sulfide) groups is 1. The lowest BCUT2D eigenvalue weighted by Gasteiger charge is -2.16. The maximum Gasteiger partial charge on any atom is 0.241 e. The Labute approximate surface area is 185 Å². The van der Waals surface area contributed by atoms with E-state index < -0.39 is 0 Å². The van der Waals surface area contributed by atoms with Gasteiger partial charge in [0.05, 0.1) is 17.4 Å². The average molecular weight is 446 g/mol. The standard InChI is InChI=1S/C22H20ClNO3S2/c1-3-11-27-20-17(23)12-16(13-18(20)26-2)14-19-21(25)24(22(28)29-19)10-9-15-7-5-4-6-8-15/h1,4-8,12-13,19H,9-11,14H2,2H3/t19-/m0/s1. The Morgan fingerprint density at radius 3 is 2.72 bits per heavy atom. The van der Waals surface area contributed by atoms with Gasteiger partial charge in [0.2, 0.25) is 5.91 Å². The van der Waals surface area contributed by atoms with Crippen molar-refractivity contribution < 1.29 is 14.3 Å². The number of benzene rings is 2. The van der Waals surface area contributed by atoms with Crippen LogP contribution in [0.1, 0.15) is 11.1 Å². The van der Waals surface area contributed by atoms with E-state index in [0.717, 1.165) is 12.0 Å². The van der Waals surface area contributed by atoms with Crippen molar-refractivity contribution in [3.8, 4) is 23.8 Å². The van der Waals surface area contributed by atoms with Crippen molar-refractivity contribution in [3.05, 3.63) is 58.6 Å². The lowest BCUT2D eigenvalue weighted by atomic mass is 10.1. The molecule has 1 aliphatic rings. The number of carbonyl (C=O) groups excluding carboxylic acids is 1. The molecule has 4 nitrogen and oxygen atoms in total. The predicted molar refractivity (Wildman–Crippen MR) is 122 cm³/mol. The van der Waals surface area contributed by atoms with Gasteiger partial charge in [0, 0.05) is 6.54 Å². The molecule has 1 aliphatic heterocycles. The smallest absolute Gasteiger partial charge is 0.241 e. The minimum Gasteiger partial charge on any atom is -0.493 e. The van der Waals surface area contributed by atoms with E-state index in [9.17, 15) is 4.79 Å². The Kier molecular flexibility index (Phi) is 7.43. The van der Waals surface area contributed by atoms with E-state index in [0.29, 0.717) is 33.8 Å². The highest BCUT2D eigenvalue weighted by Crippen LogP contribution is 2.38. The van der Waals surface area contributed by atoms with Gasteiger partial charge in [0.25, 0.3) is 0 Å². The average Bonchev–Trinajstić information content (AvgIpc) is 2.98. The maximum absolute atomic E-state index is 12.9. The number of thiocarbonyl (C=S) groups is 1. The first-order valence-corrected chi connectivity index (χ1v) is 10.7. The Bertz CT molecular complexity index is 943. The third-order valence-corrected chi connectivity index (χ3v) is 6.35. The highest BCUT2D eigenvalue weighted by molar-refractivity contribution is 8.24. The van der Waals surface area contributed by atoms with E-state index in [1.165, 1.54) is 24.4 Å². The number of amides is 1. The molecular formula is C22H20ClNO3S2. The molecule has 2 aromatic rings. The summed E-state index contributed by atoms with van der Waals surface area (Å²) >= 11 is 13.2. The van der Waals surface area contributed by atoms with E-state index in [1.807, 2.05) is 36.4 Å². The Morgan fingerprint density at radius 1 is 1.28 bits per heavy atom. The van der Waals surface area contributed by atoms with Gasteiger partial charge in [-0.3, -0.25) is 9.69 Å². The zero-order valence-electron chi connectivity index (χ0n) is 15.9. The molecule has 0 aliphatic carbocycles. The number of hydrogen-bond donors (Lipinski definition) is 0. The molecule has 2 aromatic carbocycles. The fourth-order valence-electron chi connectivity index (χ4n) is 3.07. The molecule has 29 heavy (non-hydrogen) atoms. The van der Waals surface area contributed by atoms with Crippen molar-refractivity contribution in [2.75, 3.05) is 20.3 Å². The van der Waals surface area contributed by atoms with E-state index in [4.69, 9.17) is 39.7 Å². The fraction of sp³-hybridized carbons (Fsp3) is 0.273. The summed E-state index contributed by atoms with van der Waals surface area (Å²) in [6, 6.07) is 13.7. The SMILES string of the molecule is C#CCOc1c(Cl)cc(C[C@@H]2SC(=S)N(CCc3ccccc3)C2=O)cc1OC. The van der Waals surface area contributed by atoms with Gasteiger partial charge < -0.3 is 9.47 Å². The van der Waals surface area contributed by atoms with Crippen molar-refractivity contribution in [2.24, 2.45) is 0 Å². The summed E-state index contributed by atoms with van der Waals surface area (Å²) in [5.74, 6) is 3.32. The van der Waals surface area contributed by atoms with Gasteiger partial charge in [-0.15, -0.1) is 6.42 Å². The summed E-state index contributed by atoms with van der Waals surface area (Å²) in [4.78, 5) is 14.6. The van der Waals surface area contributed by atoms with Gasteiger partial charge in [-0.05, 0) is 36.1 Å². The van der Waals surface area contributed by atoms with Crippen molar-refractivity contribution in [1.82, 2.24) is 4.90 Å². The van der Waals surface area contributed by atoms with Crippen LogP contribution >= 0.6 is 35.6 Å². The third-order valence-electron chi connectivity index (χ3n) is 4.48. The molecule has 0 spiro atoms. The molecule has 1 saturated heterocycles. The van der Waals surface area contributed by atoms with E-state index in [2.05, 4.69) is 5.92 Å². The maximum atomic E-state index is 12.9. The first kappa shape index (κ1) is 21.5. The first-order valence-electron chi connectivity index (χ1n) is 9.02. The van der Waals surface area contributed by atoms with Crippen LogP contribution < -0.4 is 9.47 Å². The second kappa shape index (κ2) is 10.0. The number of methoxy groups -OCH3 is 1. The first-order chi connectivity index (χ1) is 14.0. The molecule has 150 valence electrons. The zero-order valence-corrected chi connectivity index (χ0v) is 18.3. The van der Waals surface area contributed by atoms with Crippen LogP contribution in [0.15, 0.2) is 42.5 Å². The number of rotatable bonds is 8. The normalized spacial score (nSPS) is 16.0. The van der Waals surface area contributed by atoms with Crippen LogP contribution in [0, 0.1) is 12.3 Å². The summed E-state index contributed by atoms with van der Waals surface area (Å²) in [5, 5.41) is 0.116. The molecule has 1 amide bonds. The number of carbonyl (C=O) groups is 1. The van der Waals surface area contributed by atoms with Gasteiger partial charge in [-0.2, -0.15) is 0 Å². The number of ether oxygens (including phenoxy) is 2. The molecule has 0 aromatic heterocycles. The van der Waals surface area contributed by atoms with Crippen molar-refractivity contribution >= 4 is 45.8 Å². The van der Waals surface area contributed by atoms with Gasteiger partial charge in [0.1, 0.15) is 10.9 Å². The van der Waals surface area contributed by atoms with Crippen LogP contribution in [0.5, 0.6) is 11.5 Å². The van der Waals surface area contributed by atoms with Crippen LogP contribution in [0.25, 0.3) is 0 Å². The highest BCUT2D eigenvalue weighted by Gasteiger charge is 2.36. The molecule has 3 rings (SSSR count). The molecule has 0 bridgehead atoms. The van der Waals surface area contributed by atoms with Crippen LogP contribution in [-0.4, -0.2) is 40.6 Å². The summed E-state index contributed by atoms with van der Waals surface area (Å²) in [6.07, 6.45) is 6.51. The molecule has 7 heteroatoms. The van der Waals surface area contributed by atoms with Gasteiger partial charge >= 0.3 is 0 Å². The van der Waals surface area contributed by atoms with E-state index in [1.54, 1.807) is 11.0 Å². The topological polar surface area (TPSA) is 38.8 Å². The number of halogens is 1. The summed E-state index contributed by atoms with van der Waals surface area (Å²) in [7, 11) is 1.54. The Hall–Kier alpha value is -2.20. The molecular weight excluding hydrogens is 426 g/mol. The summed E-state index contributed by atoms with van der Waals surface area (Å²) in [6.45, 7) is 0.672. The summed E-state index contributed by atoms with van der Waals surface area (Å²) in [5.41, 5.74) is 2.05. The van der Waals surface area contributed by atoms with Crippen LogP contribution in [0.2, 0.25) is 5.02 Å². The third kappa shape index (κ3) is 5.24. The Morgan fingerprint density at radius 2 is 2.03 bits per heavy atom. The largest absolute Gasteiger partial charge is 0.493 e. The number of terminal acetylenes is 1. The fourth-order valence-corrected chi connectivity index (χ4v) is 4.95. The monoisotopic (exact) mass is 445 g/mol. The lowest BCUT2D eigenvalue weighted by molar-refractivity contribution is -0.126. The van der Waals surface area contributed by atoms with Crippen LogP contribution in [0.4, 0.5) is 0 Å². The Balaban J connectivity index is 1.69. The predicted octanol–water partition coefficient (Wildman–Crippen LogP) is 4.37. The molecule has 0 N–H and O–H groups in total. The molecule has 1 heterocycles. The van der Waals surface area contributed by atoms with E-state index in [-0.39, 0.29) is 17.8 Å². The molecule has 1 atom stereocenters. The molecule has 1 fully saturated rings. The quantitative estimate of drug-likeness (QED) is 0.445. The molecule has 0 unspecified atom stereocenters.